The van der Waals surface area contributed by atoms with Crippen LogP contribution in [0.2, 0.25) is 0 Å². The normalized spacial score (nSPS) is 13.8. The fourth-order valence-electron chi connectivity index (χ4n) is 2.97. The highest BCUT2D eigenvalue weighted by molar-refractivity contribution is 6.20. The van der Waals surface area contributed by atoms with E-state index in [-0.39, 0.29) is 11.8 Å². The summed E-state index contributed by atoms with van der Waals surface area (Å²) < 4.78 is 0. The summed E-state index contributed by atoms with van der Waals surface area (Å²) in [5.74, 6) is -0.575. The summed E-state index contributed by atoms with van der Waals surface area (Å²) >= 11 is 0. The molecule has 23 heavy (non-hydrogen) atoms. The molecule has 0 fully saturated rings. The number of hydrogen-bond acceptors (Lipinski definition) is 3. The van der Waals surface area contributed by atoms with Gasteiger partial charge in [0.15, 0.2) is 0 Å². The van der Waals surface area contributed by atoms with Crippen molar-refractivity contribution in [3.8, 4) is 0 Å². The van der Waals surface area contributed by atoms with Crippen molar-refractivity contribution in [2.24, 2.45) is 0 Å². The van der Waals surface area contributed by atoms with Gasteiger partial charge in [-0.3, -0.25) is 9.59 Å². The summed E-state index contributed by atoms with van der Waals surface area (Å²) in [5.41, 5.74) is 6.11. The van der Waals surface area contributed by atoms with E-state index in [0.717, 1.165) is 27.9 Å². The topological polar surface area (TPSA) is 65.2 Å². The Morgan fingerprint density at radius 2 is 1.57 bits per heavy atom. The summed E-state index contributed by atoms with van der Waals surface area (Å²) in [7, 11) is 0. The van der Waals surface area contributed by atoms with Gasteiger partial charge in [-0.1, -0.05) is 30.3 Å². The van der Waals surface area contributed by atoms with Gasteiger partial charge < -0.3 is 4.98 Å². The number of nitrogens with zero attached hydrogens (tertiary/aromatic N) is 1. The molecule has 2 heterocycles. The molecule has 0 saturated carbocycles. The highest BCUT2D eigenvalue weighted by atomic mass is 16.2. The number of para-hydroxylation sites is 1. The molecule has 114 valence electrons. The van der Waals surface area contributed by atoms with Crippen LogP contribution < -0.4 is 5.43 Å². The molecule has 1 aliphatic rings. The Kier molecular flexibility index (Phi) is 3.20. The van der Waals surface area contributed by atoms with Gasteiger partial charge in [-0.2, -0.15) is 0 Å². The summed E-state index contributed by atoms with van der Waals surface area (Å²) in [4.78, 5) is 27.7. The number of benzene rings is 2. The highest BCUT2D eigenvalue weighted by Gasteiger charge is 2.34. The van der Waals surface area contributed by atoms with E-state index in [2.05, 4.69) is 16.5 Å². The van der Waals surface area contributed by atoms with Crippen LogP contribution in [0.25, 0.3) is 10.9 Å². The third-order valence-corrected chi connectivity index (χ3v) is 4.13. The number of imide groups is 1. The first kappa shape index (κ1) is 13.7. The summed E-state index contributed by atoms with van der Waals surface area (Å²) in [6.07, 6.45) is 2.69. The molecule has 0 aliphatic carbocycles. The van der Waals surface area contributed by atoms with Crippen molar-refractivity contribution >= 4 is 22.7 Å². The third-order valence-electron chi connectivity index (χ3n) is 4.13. The van der Waals surface area contributed by atoms with Crippen LogP contribution in [0.1, 0.15) is 26.3 Å². The molecule has 0 saturated heterocycles. The number of nitrogens with one attached hydrogen (secondary N) is 2. The monoisotopic (exact) mass is 305 g/mol. The van der Waals surface area contributed by atoms with Crippen molar-refractivity contribution in [3.63, 3.8) is 0 Å². The van der Waals surface area contributed by atoms with Gasteiger partial charge in [-0.05, 0) is 30.2 Å². The zero-order chi connectivity index (χ0) is 15.8. The first-order chi connectivity index (χ1) is 11.3. The standard InChI is InChI=1S/C18H15N3O2/c22-17-14-6-1-2-7-15(14)18(23)21(17)20-10-9-12-11-19-16-8-4-3-5-13(12)16/h1-8,11,19-20H,9-10H2. The van der Waals surface area contributed by atoms with Crippen molar-refractivity contribution in [3.05, 3.63) is 71.4 Å². The SMILES string of the molecule is O=C1c2ccccc2C(=O)N1NCCc1c[nH]c2ccccc12. The third kappa shape index (κ3) is 2.22. The fraction of sp³-hybridized carbons (Fsp3) is 0.111. The number of aromatic nitrogens is 1. The molecular weight excluding hydrogens is 290 g/mol. The van der Waals surface area contributed by atoms with Crippen molar-refractivity contribution in [2.45, 2.75) is 6.42 Å². The molecule has 3 aromatic rings. The summed E-state index contributed by atoms with van der Waals surface area (Å²) in [5, 5.41) is 2.27. The maximum absolute atomic E-state index is 12.2. The van der Waals surface area contributed by atoms with Gasteiger partial charge >= 0.3 is 0 Å². The number of carbonyl (C=O) groups excluding carboxylic acids is 2. The van der Waals surface area contributed by atoms with Crippen molar-refractivity contribution in [1.82, 2.24) is 15.4 Å². The van der Waals surface area contributed by atoms with E-state index in [1.54, 1.807) is 24.3 Å². The van der Waals surface area contributed by atoms with Crippen LogP contribution >= 0.6 is 0 Å². The van der Waals surface area contributed by atoms with E-state index in [0.29, 0.717) is 17.7 Å². The Balaban J connectivity index is 1.46. The van der Waals surface area contributed by atoms with Crippen LogP contribution in [0.3, 0.4) is 0 Å². The Hall–Kier alpha value is -2.92. The number of hydrazine groups is 1. The van der Waals surface area contributed by atoms with Gasteiger partial charge in [-0.25, -0.2) is 10.4 Å². The molecule has 2 amide bonds. The molecule has 5 heteroatoms. The molecule has 1 aliphatic heterocycles. The quantitative estimate of drug-likeness (QED) is 0.728. The Labute approximate surface area is 132 Å². The van der Waals surface area contributed by atoms with Crippen molar-refractivity contribution < 1.29 is 9.59 Å². The first-order valence-corrected chi connectivity index (χ1v) is 7.52. The second-order valence-electron chi connectivity index (χ2n) is 5.51. The highest BCUT2D eigenvalue weighted by Crippen LogP contribution is 2.21. The Morgan fingerprint density at radius 1 is 0.913 bits per heavy atom. The van der Waals surface area contributed by atoms with Gasteiger partial charge in [0.05, 0.1) is 11.1 Å². The van der Waals surface area contributed by atoms with E-state index >= 15 is 0 Å². The minimum absolute atomic E-state index is 0.287. The molecule has 0 atom stereocenters. The maximum atomic E-state index is 12.2. The minimum Gasteiger partial charge on any atom is -0.361 e. The zero-order valence-electron chi connectivity index (χ0n) is 12.4. The molecule has 1 aromatic heterocycles. The van der Waals surface area contributed by atoms with Gasteiger partial charge in [0, 0.05) is 23.6 Å². The number of aromatic amines is 1. The number of amides is 2. The van der Waals surface area contributed by atoms with Crippen LogP contribution in [0.15, 0.2) is 54.7 Å². The van der Waals surface area contributed by atoms with Gasteiger partial charge in [-0.15, -0.1) is 0 Å². The van der Waals surface area contributed by atoms with E-state index in [1.165, 1.54) is 0 Å². The molecule has 2 N–H and O–H groups in total. The zero-order valence-corrected chi connectivity index (χ0v) is 12.4. The summed E-state index contributed by atoms with van der Waals surface area (Å²) in [6, 6.07) is 14.9. The van der Waals surface area contributed by atoms with Crippen LogP contribution in [-0.4, -0.2) is 28.4 Å². The molecular formula is C18H15N3O2. The molecule has 5 nitrogen and oxygen atoms in total. The van der Waals surface area contributed by atoms with Crippen LogP contribution in [-0.2, 0) is 6.42 Å². The van der Waals surface area contributed by atoms with Crippen LogP contribution in [0.4, 0.5) is 0 Å². The molecule has 0 radical (unpaired) electrons. The predicted octanol–water partition coefficient (Wildman–Crippen LogP) is 2.51. The fourth-order valence-corrected chi connectivity index (χ4v) is 2.97. The molecule has 4 rings (SSSR count). The first-order valence-electron chi connectivity index (χ1n) is 7.52. The lowest BCUT2D eigenvalue weighted by molar-refractivity contribution is 0.0568. The number of rotatable bonds is 4. The van der Waals surface area contributed by atoms with Gasteiger partial charge in [0.2, 0.25) is 0 Å². The number of carbonyl (C=O) groups is 2. The Bertz CT molecular complexity index is 878. The maximum Gasteiger partial charge on any atom is 0.276 e. The molecule has 0 spiro atoms. The lowest BCUT2D eigenvalue weighted by atomic mass is 10.1. The van der Waals surface area contributed by atoms with Crippen molar-refractivity contribution in [1.29, 1.82) is 0 Å². The van der Waals surface area contributed by atoms with E-state index in [4.69, 9.17) is 0 Å². The number of hydrogen-bond donors (Lipinski definition) is 2. The molecule has 0 unspecified atom stereocenters. The molecule has 0 bridgehead atoms. The summed E-state index contributed by atoms with van der Waals surface area (Å²) in [6.45, 7) is 0.507. The second-order valence-corrected chi connectivity index (χ2v) is 5.51. The largest absolute Gasteiger partial charge is 0.361 e. The van der Waals surface area contributed by atoms with Gasteiger partial charge in [0.1, 0.15) is 0 Å². The second kappa shape index (κ2) is 5.37. The lowest BCUT2D eigenvalue weighted by Gasteiger charge is -2.14. The average molecular weight is 305 g/mol. The number of H-pyrrole nitrogens is 1. The van der Waals surface area contributed by atoms with E-state index in [9.17, 15) is 9.59 Å². The van der Waals surface area contributed by atoms with Gasteiger partial charge in [0.25, 0.3) is 11.8 Å². The van der Waals surface area contributed by atoms with Crippen LogP contribution in [0.5, 0.6) is 0 Å². The lowest BCUT2D eigenvalue weighted by Crippen LogP contribution is -2.43. The minimum atomic E-state index is -0.287. The van der Waals surface area contributed by atoms with E-state index in [1.807, 2.05) is 24.4 Å². The van der Waals surface area contributed by atoms with E-state index < -0.39 is 0 Å². The van der Waals surface area contributed by atoms with Crippen molar-refractivity contribution in [2.75, 3.05) is 6.54 Å². The number of fused-ring (bicyclic) bond motifs is 2. The molecule has 2 aromatic carbocycles. The van der Waals surface area contributed by atoms with Crippen LogP contribution in [0, 0.1) is 0 Å². The Morgan fingerprint density at radius 3 is 2.30 bits per heavy atom. The smallest absolute Gasteiger partial charge is 0.276 e. The predicted molar refractivity (Wildman–Crippen MR) is 86.9 cm³/mol. The average Bonchev–Trinajstić information content (AvgIpc) is 3.10.